The summed E-state index contributed by atoms with van der Waals surface area (Å²) in [6, 6.07) is 5.89. The van der Waals surface area contributed by atoms with Gasteiger partial charge in [-0.05, 0) is 51.3 Å². The molecule has 0 saturated heterocycles. The molecule has 3 nitrogen and oxygen atoms in total. The standard InChI is InChI=1S/C20H24F3NO2S2/c1-11-6-12(2)10-16(9-11)17(27)19(20(21,22)23)24-28(25,26)18-14(4)7-13(3)8-15(18)5/h6-10,17,19,24,27H,1-5H3. The van der Waals surface area contributed by atoms with Gasteiger partial charge in [-0.15, -0.1) is 0 Å². The average Bonchev–Trinajstić information content (AvgIpc) is 2.48. The monoisotopic (exact) mass is 431 g/mol. The third-order valence-electron chi connectivity index (χ3n) is 4.41. The van der Waals surface area contributed by atoms with Crippen molar-refractivity contribution in [3.63, 3.8) is 0 Å². The van der Waals surface area contributed by atoms with Crippen LogP contribution in [0.3, 0.4) is 0 Å². The molecule has 2 aromatic carbocycles. The van der Waals surface area contributed by atoms with E-state index in [1.165, 1.54) is 0 Å². The molecule has 0 fully saturated rings. The summed E-state index contributed by atoms with van der Waals surface area (Å²) in [4.78, 5) is -0.131. The van der Waals surface area contributed by atoms with E-state index in [9.17, 15) is 21.6 Å². The maximum atomic E-state index is 13.8. The molecule has 28 heavy (non-hydrogen) atoms. The van der Waals surface area contributed by atoms with E-state index in [1.54, 1.807) is 58.9 Å². The molecule has 0 heterocycles. The molecular formula is C20H24F3NO2S2. The first kappa shape index (κ1) is 22.8. The van der Waals surface area contributed by atoms with E-state index in [4.69, 9.17) is 0 Å². The summed E-state index contributed by atoms with van der Waals surface area (Å²) in [5.41, 5.74) is 3.50. The predicted octanol–water partition coefficient (Wildman–Crippen LogP) is 5.11. The molecule has 0 saturated carbocycles. The summed E-state index contributed by atoms with van der Waals surface area (Å²) >= 11 is 4.15. The molecule has 1 N–H and O–H groups in total. The van der Waals surface area contributed by atoms with Gasteiger partial charge in [-0.25, -0.2) is 8.42 Å². The molecule has 0 aliphatic heterocycles. The SMILES string of the molecule is Cc1cc(C)cc(C(S)C(NS(=O)(=O)c2c(C)cc(C)cc2C)C(F)(F)F)c1. The lowest BCUT2D eigenvalue weighted by atomic mass is 10.0. The molecule has 0 aliphatic rings. The quantitative estimate of drug-likeness (QED) is 0.647. The Morgan fingerprint density at radius 2 is 1.29 bits per heavy atom. The Morgan fingerprint density at radius 3 is 1.71 bits per heavy atom. The van der Waals surface area contributed by atoms with Crippen molar-refractivity contribution in [2.75, 3.05) is 0 Å². The van der Waals surface area contributed by atoms with Crippen LogP contribution in [0.1, 0.15) is 38.6 Å². The van der Waals surface area contributed by atoms with Crippen LogP contribution in [0.2, 0.25) is 0 Å². The Hall–Kier alpha value is -1.51. The number of hydrogen-bond donors (Lipinski definition) is 2. The molecule has 0 aromatic heterocycles. The van der Waals surface area contributed by atoms with E-state index in [0.717, 1.165) is 16.7 Å². The summed E-state index contributed by atoms with van der Waals surface area (Å²) in [6.45, 7) is 8.47. The Labute approximate surface area is 169 Å². The maximum absolute atomic E-state index is 13.8. The van der Waals surface area contributed by atoms with Crippen molar-refractivity contribution >= 4 is 22.7 Å². The van der Waals surface area contributed by atoms with Gasteiger partial charge >= 0.3 is 6.18 Å². The largest absolute Gasteiger partial charge is 0.406 e. The molecule has 2 unspecified atom stereocenters. The van der Waals surface area contributed by atoms with Gasteiger partial charge in [-0.2, -0.15) is 30.5 Å². The van der Waals surface area contributed by atoms with Gasteiger partial charge in [-0.3, -0.25) is 0 Å². The third-order valence-corrected chi connectivity index (χ3v) is 6.75. The zero-order valence-electron chi connectivity index (χ0n) is 16.3. The van der Waals surface area contributed by atoms with Crippen molar-refractivity contribution in [1.82, 2.24) is 4.72 Å². The topological polar surface area (TPSA) is 46.2 Å². The second-order valence-electron chi connectivity index (χ2n) is 7.23. The highest BCUT2D eigenvalue weighted by molar-refractivity contribution is 7.89. The lowest BCUT2D eigenvalue weighted by Crippen LogP contribution is -2.48. The number of rotatable bonds is 5. The van der Waals surface area contributed by atoms with Crippen molar-refractivity contribution < 1.29 is 21.6 Å². The van der Waals surface area contributed by atoms with Gasteiger partial charge < -0.3 is 0 Å². The van der Waals surface area contributed by atoms with Crippen LogP contribution in [0.15, 0.2) is 35.2 Å². The van der Waals surface area contributed by atoms with Gasteiger partial charge in [0.25, 0.3) is 0 Å². The van der Waals surface area contributed by atoms with Crippen molar-refractivity contribution in [2.45, 2.75) is 57.0 Å². The Kier molecular flexibility index (Phi) is 6.57. The van der Waals surface area contributed by atoms with Crippen LogP contribution in [-0.4, -0.2) is 20.6 Å². The molecule has 0 aliphatic carbocycles. The second-order valence-corrected chi connectivity index (χ2v) is 9.44. The van der Waals surface area contributed by atoms with Gasteiger partial charge in [0, 0.05) is 0 Å². The number of thiol groups is 1. The van der Waals surface area contributed by atoms with Gasteiger partial charge in [0.1, 0.15) is 6.04 Å². The number of aryl methyl sites for hydroxylation is 5. The summed E-state index contributed by atoms with van der Waals surface area (Å²) in [5, 5.41) is -1.39. The zero-order valence-corrected chi connectivity index (χ0v) is 18.1. The summed E-state index contributed by atoms with van der Waals surface area (Å²) < 4.78 is 69.0. The average molecular weight is 432 g/mol. The minimum Gasteiger partial charge on any atom is -0.207 e. The van der Waals surface area contributed by atoms with Gasteiger partial charge in [0.15, 0.2) is 0 Å². The van der Waals surface area contributed by atoms with Crippen LogP contribution in [0.25, 0.3) is 0 Å². The normalized spacial score (nSPS) is 14.8. The fourth-order valence-corrected chi connectivity index (χ4v) is 5.68. The summed E-state index contributed by atoms with van der Waals surface area (Å²) in [5.74, 6) is 0. The summed E-state index contributed by atoms with van der Waals surface area (Å²) in [6.07, 6.45) is -4.82. The van der Waals surface area contributed by atoms with Crippen molar-refractivity contribution in [3.8, 4) is 0 Å². The molecule has 2 rings (SSSR count). The van der Waals surface area contributed by atoms with E-state index in [1.807, 2.05) is 10.8 Å². The maximum Gasteiger partial charge on any atom is 0.406 e. The first-order valence-electron chi connectivity index (χ1n) is 8.65. The number of nitrogens with one attached hydrogen (secondary N) is 1. The second kappa shape index (κ2) is 8.08. The molecule has 0 spiro atoms. The highest BCUT2D eigenvalue weighted by Gasteiger charge is 2.47. The minimum atomic E-state index is -4.82. The zero-order chi connectivity index (χ0) is 21.4. The van der Waals surface area contributed by atoms with E-state index in [0.29, 0.717) is 16.7 Å². The third kappa shape index (κ3) is 5.10. The molecule has 2 aromatic rings. The molecule has 0 bridgehead atoms. The van der Waals surface area contributed by atoms with E-state index >= 15 is 0 Å². The first-order chi connectivity index (χ1) is 12.7. The molecule has 0 radical (unpaired) electrons. The Bertz CT molecular complexity index is 942. The minimum absolute atomic E-state index is 0.131. The predicted molar refractivity (Wildman–Crippen MR) is 108 cm³/mol. The smallest absolute Gasteiger partial charge is 0.207 e. The Morgan fingerprint density at radius 1 is 0.857 bits per heavy atom. The van der Waals surface area contributed by atoms with Crippen LogP contribution < -0.4 is 4.72 Å². The van der Waals surface area contributed by atoms with Crippen molar-refractivity contribution in [2.24, 2.45) is 0 Å². The van der Waals surface area contributed by atoms with Crippen LogP contribution >= 0.6 is 12.6 Å². The van der Waals surface area contributed by atoms with Gasteiger partial charge in [-0.1, -0.05) is 47.0 Å². The van der Waals surface area contributed by atoms with E-state index in [-0.39, 0.29) is 4.90 Å². The van der Waals surface area contributed by atoms with E-state index in [2.05, 4.69) is 12.6 Å². The number of alkyl halides is 3. The molecule has 0 amide bonds. The fraction of sp³-hybridized carbons (Fsp3) is 0.400. The number of hydrogen-bond acceptors (Lipinski definition) is 3. The highest BCUT2D eigenvalue weighted by Crippen LogP contribution is 2.36. The highest BCUT2D eigenvalue weighted by atomic mass is 32.2. The van der Waals surface area contributed by atoms with Crippen molar-refractivity contribution in [3.05, 3.63) is 63.7 Å². The van der Waals surface area contributed by atoms with E-state index < -0.39 is 27.5 Å². The van der Waals surface area contributed by atoms with Crippen LogP contribution in [0.4, 0.5) is 13.2 Å². The molecule has 2 atom stereocenters. The first-order valence-corrected chi connectivity index (χ1v) is 10.7. The van der Waals surface area contributed by atoms with Crippen LogP contribution in [0.5, 0.6) is 0 Å². The molecule has 8 heteroatoms. The number of halogens is 3. The van der Waals surface area contributed by atoms with Crippen LogP contribution in [-0.2, 0) is 10.0 Å². The van der Waals surface area contributed by atoms with Gasteiger partial charge in [0.2, 0.25) is 10.0 Å². The molecular weight excluding hydrogens is 407 g/mol. The lowest BCUT2D eigenvalue weighted by Gasteiger charge is -2.28. The fourth-order valence-electron chi connectivity index (χ4n) is 3.50. The number of benzene rings is 2. The Balaban J connectivity index is 2.50. The van der Waals surface area contributed by atoms with Crippen LogP contribution in [0, 0.1) is 34.6 Å². The summed E-state index contributed by atoms with van der Waals surface area (Å²) in [7, 11) is -4.41. The molecule has 154 valence electrons. The van der Waals surface area contributed by atoms with Crippen molar-refractivity contribution in [1.29, 1.82) is 0 Å². The van der Waals surface area contributed by atoms with Gasteiger partial charge in [0.05, 0.1) is 10.1 Å². The number of sulfonamides is 1. The lowest BCUT2D eigenvalue weighted by molar-refractivity contribution is -0.151.